The van der Waals surface area contributed by atoms with Gasteiger partial charge in [0.15, 0.2) is 0 Å². The van der Waals surface area contributed by atoms with E-state index in [1.807, 2.05) is 44.3 Å². The van der Waals surface area contributed by atoms with Crippen molar-refractivity contribution in [1.82, 2.24) is 4.98 Å². The average molecular weight is 248 g/mol. The molecule has 0 saturated heterocycles. The minimum absolute atomic E-state index is 0.124. The third-order valence-electron chi connectivity index (χ3n) is 2.47. The molecule has 0 aliphatic heterocycles. The van der Waals surface area contributed by atoms with Crippen molar-refractivity contribution in [2.45, 2.75) is 19.9 Å². The van der Waals surface area contributed by atoms with Crippen molar-refractivity contribution < 1.29 is 4.74 Å². The lowest BCUT2D eigenvalue weighted by Gasteiger charge is -2.11. The van der Waals surface area contributed by atoms with Gasteiger partial charge < -0.3 is 10.5 Å². The Balaban J connectivity index is 2.24. The minimum atomic E-state index is -0.124. The van der Waals surface area contributed by atoms with Crippen LogP contribution in [0.15, 0.2) is 30.5 Å². The van der Waals surface area contributed by atoms with E-state index in [9.17, 15) is 0 Å². The summed E-state index contributed by atoms with van der Waals surface area (Å²) in [6.07, 6.45) is 1.85. The number of ether oxygens (including phenoxy) is 1. The number of rotatable bonds is 4. The van der Waals surface area contributed by atoms with Crippen LogP contribution >= 0.6 is 11.3 Å². The third kappa shape index (κ3) is 2.84. The van der Waals surface area contributed by atoms with E-state index >= 15 is 0 Å². The minimum Gasteiger partial charge on any atom is -0.494 e. The number of thiazole rings is 1. The summed E-state index contributed by atoms with van der Waals surface area (Å²) in [7, 11) is 0. The zero-order chi connectivity index (χ0) is 12.3. The van der Waals surface area contributed by atoms with Crippen molar-refractivity contribution in [3.63, 3.8) is 0 Å². The highest BCUT2D eigenvalue weighted by Crippen LogP contribution is 2.26. The first-order valence-electron chi connectivity index (χ1n) is 5.61. The summed E-state index contributed by atoms with van der Waals surface area (Å²) in [6, 6.07) is 7.79. The van der Waals surface area contributed by atoms with Gasteiger partial charge in [-0.15, -0.1) is 11.3 Å². The van der Waals surface area contributed by atoms with Crippen LogP contribution in [0.3, 0.4) is 0 Å². The van der Waals surface area contributed by atoms with Crippen molar-refractivity contribution in [1.29, 1.82) is 0 Å². The zero-order valence-corrected chi connectivity index (χ0v) is 10.8. The predicted molar refractivity (Wildman–Crippen MR) is 70.5 cm³/mol. The number of benzene rings is 1. The Labute approximate surface area is 105 Å². The van der Waals surface area contributed by atoms with Gasteiger partial charge in [0.05, 0.1) is 17.7 Å². The molecule has 0 aliphatic rings. The number of aryl methyl sites for hydroxylation is 1. The Morgan fingerprint density at radius 1 is 1.47 bits per heavy atom. The van der Waals surface area contributed by atoms with E-state index in [0.29, 0.717) is 6.61 Å². The van der Waals surface area contributed by atoms with Crippen LogP contribution < -0.4 is 10.5 Å². The Hall–Kier alpha value is -1.39. The van der Waals surface area contributed by atoms with Crippen molar-refractivity contribution >= 4 is 11.3 Å². The highest BCUT2D eigenvalue weighted by molar-refractivity contribution is 7.11. The Bertz CT molecular complexity index is 496. The monoisotopic (exact) mass is 248 g/mol. The fraction of sp³-hybridized carbons (Fsp3) is 0.308. The maximum atomic E-state index is 6.21. The summed E-state index contributed by atoms with van der Waals surface area (Å²) >= 11 is 1.63. The Kier molecular flexibility index (Phi) is 3.76. The van der Waals surface area contributed by atoms with Crippen molar-refractivity contribution in [3.8, 4) is 5.75 Å². The van der Waals surface area contributed by atoms with Gasteiger partial charge in [0.2, 0.25) is 0 Å². The van der Waals surface area contributed by atoms with E-state index in [0.717, 1.165) is 21.2 Å². The molecule has 17 heavy (non-hydrogen) atoms. The van der Waals surface area contributed by atoms with E-state index < -0.39 is 0 Å². The van der Waals surface area contributed by atoms with E-state index in [2.05, 4.69) is 4.98 Å². The van der Waals surface area contributed by atoms with Gasteiger partial charge in [0.1, 0.15) is 5.75 Å². The van der Waals surface area contributed by atoms with Crippen LogP contribution in [-0.4, -0.2) is 11.6 Å². The first kappa shape index (κ1) is 12.1. The number of nitrogens with zero attached hydrogens (tertiary/aromatic N) is 1. The lowest BCUT2D eigenvalue weighted by atomic mass is 10.1. The normalized spacial score (nSPS) is 12.4. The summed E-state index contributed by atoms with van der Waals surface area (Å²) in [5, 5.41) is 1.04. The van der Waals surface area contributed by atoms with Gasteiger partial charge in [-0.2, -0.15) is 0 Å². The maximum Gasteiger partial charge on any atom is 0.119 e. The molecule has 0 radical (unpaired) electrons. The Morgan fingerprint density at radius 2 is 2.29 bits per heavy atom. The standard InChI is InChI=1S/C13H16N2OS/c1-3-16-11-6-4-5-10(7-11)13(14)12-8-15-9(2)17-12/h4-8,13H,3,14H2,1-2H3. The third-order valence-corrected chi connectivity index (χ3v) is 3.47. The number of aromatic nitrogens is 1. The summed E-state index contributed by atoms with van der Waals surface area (Å²) in [4.78, 5) is 5.31. The highest BCUT2D eigenvalue weighted by Gasteiger charge is 2.12. The van der Waals surface area contributed by atoms with Crippen LogP contribution in [0.2, 0.25) is 0 Å². The lowest BCUT2D eigenvalue weighted by Crippen LogP contribution is -2.10. The summed E-state index contributed by atoms with van der Waals surface area (Å²) in [6.45, 7) is 4.62. The molecule has 4 heteroatoms. The van der Waals surface area contributed by atoms with Crippen LogP contribution in [-0.2, 0) is 0 Å². The summed E-state index contributed by atoms with van der Waals surface area (Å²) in [5.41, 5.74) is 7.26. The second-order valence-corrected chi connectivity index (χ2v) is 5.03. The molecule has 0 amide bonds. The van der Waals surface area contributed by atoms with Crippen LogP contribution in [0.5, 0.6) is 5.75 Å². The highest BCUT2D eigenvalue weighted by atomic mass is 32.1. The fourth-order valence-electron chi connectivity index (χ4n) is 1.65. The smallest absolute Gasteiger partial charge is 0.119 e. The molecule has 1 aromatic carbocycles. The fourth-order valence-corrected chi connectivity index (χ4v) is 2.47. The van der Waals surface area contributed by atoms with E-state index in [1.165, 1.54) is 0 Å². The lowest BCUT2D eigenvalue weighted by molar-refractivity contribution is 0.340. The topological polar surface area (TPSA) is 48.1 Å². The number of hydrogen-bond donors (Lipinski definition) is 1. The van der Waals surface area contributed by atoms with E-state index in [-0.39, 0.29) is 6.04 Å². The van der Waals surface area contributed by atoms with Crippen molar-refractivity contribution in [2.24, 2.45) is 5.73 Å². The molecule has 2 aromatic rings. The number of hydrogen-bond acceptors (Lipinski definition) is 4. The first-order chi connectivity index (χ1) is 8.20. The molecule has 0 spiro atoms. The quantitative estimate of drug-likeness (QED) is 0.905. The second-order valence-electron chi connectivity index (χ2n) is 3.76. The molecular weight excluding hydrogens is 232 g/mol. The van der Waals surface area contributed by atoms with Gasteiger partial charge in [-0.3, -0.25) is 0 Å². The van der Waals surface area contributed by atoms with Gasteiger partial charge in [0.25, 0.3) is 0 Å². The van der Waals surface area contributed by atoms with Gasteiger partial charge in [-0.05, 0) is 31.5 Å². The van der Waals surface area contributed by atoms with E-state index in [1.54, 1.807) is 11.3 Å². The second kappa shape index (κ2) is 5.29. The first-order valence-corrected chi connectivity index (χ1v) is 6.43. The molecule has 0 saturated carbocycles. The van der Waals surface area contributed by atoms with Crippen LogP contribution in [0.25, 0.3) is 0 Å². The van der Waals surface area contributed by atoms with Crippen LogP contribution in [0.1, 0.15) is 28.4 Å². The molecule has 1 atom stereocenters. The summed E-state index contributed by atoms with van der Waals surface area (Å²) < 4.78 is 5.47. The molecule has 3 nitrogen and oxygen atoms in total. The molecule has 1 heterocycles. The molecule has 0 bridgehead atoms. The van der Waals surface area contributed by atoms with Gasteiger partial charge >= 0.3 is 0 Å². The summed E-state index contributed by atoms with van der Waals surface area (Å²) in [5.74, 6) is 0.863. The van der Waals surface area contributed by atoms with Gasteiger partial charge in [-0.25, -0.2) is 4.98 Å². The SMILES string of the molecule is CCOc1cccc(C(N)c2cnc(C)s2)c1. The molecule has 0 aliphatic carbocycles. The molecule has 1 aromatic heterocycles. The largest absolute Gasteiger partial charge is 0.494 e. The van der Waals surface area contributed by atoms with Crippen LogP contribution in [0, 0.1) is 6.92 Å². The molecule has 90 valence electrons. The van der Waals surface area contributed by atoms with Crippen LogP contribution in [0.4, 0.5) is 0 Å². The Morgan fingerprint density at radius 3 is 2.94 bits per heavy atom. The zero-order valence-electron chi connectivity index (χ0n) is 10.0. The van der Waals surface area contributed by atoms with Gasteiger partial charge in [-0.1, -0.05) is 12.1 Å². The van der Waals surface area contributed by atoms with Gasteiger partial charge in [0, 0.05) is 11.1 Å². The van der Waals surface area contributed by atoms with Crippen molar-refractivity contribution in [2.75, 3.05) is 6.61 Å². The molecular formula is C13H16N2OS. The average Bonchev–Trinajstić information content (AvgIpc) is 2.76. The maximum absolute atomic E-state index is 6.21. The van der Waals surface area contributed by atoms with E-state index in [4.69, 9.17) is 10.5 Å². The molecule has 1 unspecified atom stereocenters. The number of nitrogens with two attached hydrogens (primary N) is 1. The molecule has 0 fully saturated rings. The van der Waals surface area contributed by atoms with Crippen molar-refractivity contribution in [3.05, 3.63) is 45.9 Å². The molecule has 2 N–H and O–H groups in total. The molecule has 2 rings (SSSR count). The predicted octanol–water partition coefficient (Wildman–Crippen LogP) is 2.90.